The third kappa shape index (κ3) is 5.60. The summed E-state index contributed by atoms with van der Waals surface area (Å²) in [6.07, 6.45) is 7.13. The molecule has 0 saturated carbocycles. The highest BCUT2D eigenvalue weighted by atomic mass is 32.2. The van der Waals surface area contributed by atoms with Gasteiger partial charge in [0.1, 0.15) is 5.03 Å². The molecule has 1 saturated heterocycles. The molecule has 1 fully saturated rings. The largest absolute Gasteiger partial charge is 0.354 e. The van der Waals surface area contributed by atoms with E-state index >= 15 is 0 Å². The maximum Gasteiger partial charge on any atom is 0.227 e. The van der Waals surface area contributed by atoms with Gasteiger partial charge >= 0.3 is 0 Å². The van der Waals surface area contributed by atoms with Crippen molar-refractivity contribution >= 4 is 40.9 Å². The summed E-state index contributed by atoms with van der Waals surface area (Å²) in [5.74, 6) is 1.02. The van der Waals surface area contributed by atoms with Crippen LogP contribution in [0.3, 0.4) is 0 Å². The fourth-order valence-corrected chi connectivity index (χ4v) is 4.96. The number of rotatable bonds is 6. The highest BCUT2D eigenvalue weighted by Crippen LogP contribution is 2.34. The quantitative estimate of drug-likeness (QED) is 0.500. The highest BCUT2D eigenvalue weighted by molar-refractivity contribution is 7.99. The minimum Gasteiger partial charge on any atom is -0.354 e. The van der Waals surface area contributed by atoms with Crippen molar-refractivity contribution in [1.29, 1.82) is 0 Å². The first-order valence-electron chi connectivity index (χ1n) is 10.4. The molecule has 160 valence electrons. The Morgan fingerprint density at radius 3 is 2.52 bits per heavy atom. The molecule has 0 radical (unpaired) electrons. The van der Waals surface area contributed by atoms with Gasteiger partial charge < -0.3 is 10.2 Å². The van der Waals surface area contributed by atoms with E-state index in [9.17, 15) is 4.79 Å². The molecular formula is C24H26N4OS2. The lowest BCUT2D eigenvalue weighted by Gasteiger charge is -2.32. The first kappa shape index (κ1) is 21.7. The predicted octanol–water partition coefficient (Wildman–Crippen LogP) is 5.51. The average molecular weight is 451 g/mol. The van der Waals surface area contributed by atoms with Crippen molar-refractivity contribution in [3.63, 3.8) is 0 Å². The van der Waals surface area contributed by atoms with Crippen molar-refractivity contribution in [2.24, 2.45) is 5.92 Å². The minimum absolute atomic E-state index is 0.0130. The van der Waals surface area contributed by atoms with Crippen molar-refractivity contribution in [3.8, 4) is 0 Å². The van der Waals surface area contributed by atoms with Crippen LogP contribution in [0.5, 0.6) is 0 Å². The number of carbonyl (C=O) groups is 1. The van der Waals surface area contributed by atoms with Gasteiger partial charge in [-0.05, 0) is 56.4 Å². The second kappa shape index (κ2) is 10.2. The summed E-state index contributed by atoms with van der Waals surface area (Å²) in [5.41, 5.74) is 2.11. The Labute approximate surface area is 192 Å². The SMILES string of the molecule is CSc1cccc(NC(=O)C2CCN(c3nccnc3Sc3ccc(C)cc3)CC2)c1. The molecule has 1 aliphatic heterocycles. The number of benzene rings is 2. The molecule has 0 spiro atoms. The number of nitrogens with one attached hydrogen (secondary N) is 1. The second-order valence-electron chi connectivity index (χ2n) is 7.58. The molecule has 31 heavy (non-hydrogen) atoms. The molecule has 4 rings (SSSR count). The van der Waals surface area contributed by atoms with Crippen LogP contribution in [0, 0.1) is 12.8 Å². The molecule has 1 N–H and O–H groups in total. The Morgan fingerprint density at radius 1 is 1.03 bits per heavy atom. The highest BCUT2D eigenvalue weighted by Gasteiger charge is 2.27. The maximum atomic E-state index is 12.8. The molecular weight excluding hydrogens is 424 g/mol. The summed E-state index contributed by atoms with van der Waals surface area (Å²) in [6, 6.07) is 16.4. The van der Waals surface area contributed by atoms with Crippen LogP contribution in [-0.2, 0) is 4.79 Å². The van der Waals surface area contributed by atoms with E-state index in [0.717, 1.165) is 52.3 Å². The Hall–Kier alpha value is -2.51. The first-order valence-corrected chi connectivity index (χ1v) is 12.4. The second-order valence-corrected chi connectivity index (χ2v) is 9.52. The summed E-state index contributed by atoms with van der Waals surface area (Å²) < 4.78 is 0. The van der Waals surface area contributed by atoms with E-state index in [1.807, 2.05) is 30.5 Å². The zero-order chi connectivity index (χ0) is 21.6. The lowest BCUT2D eigenvalue weighted by Crippen LogP contribution is -2.38. The molecule has 1 amide bonds. The molecule has 7 heteroatoms. The van der Waals surface area contributed by atoms with Crippen molar-refractivity contribution < 1.29 is 4.79 Å². The van der Waals surface area contributed by atoms with Gasteiger partial charge in [-0.1, -0.05) is 35.5 Å². The lowest BCUT2D eigenvalue weighted by atomic mass is 9.96. The zero-order valence-electron chi connectivity index (χ0n) is 17.7. The van der Waals surface area contributed by atoms with Gasteiger partial charge in [-0.2, -0.15) is 0 Å². The fourth-order valence-electron chi connectivity index (χ4n) is 3.62. The van der Waals surface area contributed by atoms with Gasteiger partial charge in [0.15, 0.2) is 5.82 Å². The van der Waals surface area contributed by atoms with E-state index in [1.165, 1.54) is 5.56 Å². The molecule has 2 heterocycles. The van der Waals surface area contributed by atoms with Crippen LogP contribution < -0.4 is 10.2 Å². The van der Waals surface area contributed by atoms with Gasteiger partial charge in [-0.3, -0.25) is 4.79 Å². The number of amides is 1. The summed E-state index contributed by atoms with van der Waals surface area (Å²) >= 11 is 3.31. The van der Waals surface area contributed by atoms with Crippen LogP contribution in [0.15, 0.2) is 75.7 Å². The summed E-state index contributed by atoms with van der Waals surface area (Å²) in [6.45, 7) is 3.67. The third-order valence-corrected chi connectivity index (χ3v) is 7.10. The average Bonchev–Trinajstić information content (AvgIpc) is 2.81. The zero-order valence-corrected chi connectivity index (χ0v) is 19.4. The van der Waals surface area contributed by atoms with Crippen LogP contribution in [0.25, 0.3) is 0 Å². The summed E-state index contributed by atoms with van der Waals surface area (Å²) in [4.78, 5) is 26.5. The maximum absolute atomic E-state index is 12.8. The normalized spacial score (nSPS) is 14.5. The molecule has 0 atom stereocenters. The van der Waals surface area contributed by atoms with Gasteiger partial charge in [0, 0.05) is 46.9 Å². The minimum atomic E-state index is 0.0130. The van der Waals surface area contributed by atoms with Gasteiger partial charge in [0.25, 0.3) is 0 Å². The number of nitrogens with zero attached hydrogens (tertiary/aromatic N) is 3. The van der Waals surface area contributed by atoms with E-state index < -0.39 is 0 Å². The number of piperidine rings is 1. The number of hydrogen-bond acceptors (Lipinski definition) is 6. The van der Waals surface area contributed by atoms with Crippen LogP contribution >= 0.6 is 23.5 Å². The van der Waals surface area contributed by atoms with E-state index in [-0.39, 0.29) is 11.8 Å². The number of thioether (sulfide) groups is 1. The lowest BCUT2D eigenvalue weighted by molar-refractivity contribution is -0.120. The van der Waals surface area contributed by atoms with Gasteiger partial charge in [-0.25, -0.2) is 9.97 Å². The number of hydrogen-bond donors (Lipinski definition) is 1. The van der Waals surface area contributed by atoms with Crippen molar-refractivity contribution in [1.82, 2.24) is 9.97 Å². The Balaban J connectivity index is 1.38. The third-order valence-electron chi connectivity index (χ3n) is 5.38. The fraction of sp³-hybridized carbons (Fsp3) is 0.292. The van der Waals surface area contributed by atoms with Crippen LogP contribution in [0.2, 0.25) is 0 Å². The number of aromatic nitrogens is 2. The Morgan fingerprint density at radius 2 is 1.77 bits per heavy atom. The molecule has 0 bridgehead atoms. The van der Waals surface area contributed by atoms with Crippen molar-refractivity contribution in [2.75, 3.05) is 29.6 Å². The number of aryl methyl sites for hydroxylation is 1. The van der Waals surface area contributed by atoms with E-state index in [1.54, 1.807) is 35.9 Å². The Bertz CT molecular complexity index is 1030. The van der Waals surface area contributed by atoms with Crippen molar-refractivity contribution in [2.45, 2.75) is 34.6 Å². The van der Waals surface area contributed by atoms with E-state index in [4.69, 9.17) is 0 Å². The topological polar surface area (TPSA) is 58.1 Å². The van der Waals surface area contributed by atoms with Gasteiger partial charge in [0.2, 0.25) is 5.91 Å². The molecule has 0 unspecified atom stereocenters. The number of carbonyl (C=O) groups excluding carboxylic acids is 1. The van der Waals surface area contributed by atoms with Crippen LogP contribution in [0.1, 0.15) is 18.4 Å². The molecule has 3 aromatic rings. The Kier molecular flexibility index (Phi) is 7.14. The molecule has 0 aliphatic carbocycles. The number of anilines is 2. The van der Waals surface area contributed by atoms with E-state index in [2.05, 4.69) is 51.4 Å². The monoisotopic (exact) mass is 450 g/mol. The smallest absolute Gasteiger partial charge is 0.227 e. The molecule has 2 aromatic carbocycles. The predicted molar refractivity (Wildman–Crippen MR) is 129 cm³/mol. The summed E-state index contributed by atoms with van der Waals surface area (Å²) in [5, 5.41) is 3.99. The standard InChI is InChI=1S/C24H26N4OS2/c1-17-6-8-20(9-7-17)31-24-22(25-12-13-26-24)28-14-10-18(11-15-28)23(29)27-19-4-3-5-21(16-19)30-2/h3-9,12-13,16,18H,10-11,14-15H2,1-2H3,(H,27,29). The molecule has 5 nitrogen and oxygen atoms in total. The van der Waals surface area contributed by atoms with E-state index in [0.29, 0.717) is 0 Å². The molecule has 1 aliphatic rings. The van der Waals surface area contributed by atoms with Gasteiger partial charge in [0.05, 0.1) is 0 Å². The van der Waals surface area contributed by atoms with Crippen LogP contribution in [0.4, 0.5) is 11.5 Å². The molecule has 1 aromatic heterocycles. The van der Waals surface area contributed by atoms with Crippen LogP contribution in [-0.4, -0.2) is 35.2 Å². The first-order chi connectivity index (χ1) is 15.1. The van der Waals surface area contributed by atoms with Crippen molar-refractivity contribution in [3.05, 3.63) is 66.5 Å². The van der Waals surface area contributed by atoms with Gasteiger partial charge in [-0.15, -0.1) is 11.8 Å². The summed E-state index contributed by atoms with van der Waals surface area (Å²) in [7, 11) is 0.